The standard InChI is InChI=1S/C24H29F3N2O2/c1-18-11-13-29(14-12-18)22(20-5-3-2-4-6-20)15-28-23(30)21-9-7-19(8-10-21)16-31-17-24(25,26)27/h2-10,18,22H,11-17H2,1H3,(H,28,30). The van der Waals surface area contributed by atoms with Crippen molar-refractivity contribution in [3.05, 3.63) is 71.3 Å². The summed E-state index contributed by atoms with van der Waals surface area (Å²) in [6.45, 7) is 3.34. The average molecular weight is 435 g/mol. The lowest BCUT2D eigenvalue weighted by atomic mass is 9.95. The summed E-state index contributed by atoms with van der Waals surface area (Å²) in [5, 5.41) is 3.03. The zero-order chi connectivity index (χ0) is 22.3. The van der Waals surface area contributed by atoms with Crippen molar-refractivity contribution in [1.82, 2.24) is 10.2 Å². The van der Waals surface area contributed by atoms with Crippen molar-refractivity contribution >= 4 is 5.91 Å². The molecule has 0 aromatic heterocycles. The van der Waals surface area contributed by atoms with E-state index in [1.807, 2.05) is 18.2 Å². The second kappa shape index (κ2) is 10.8. The number of nitrogens with one attached hydrogen (secondary N) is 1. The van der Waals surface area contributed by atoms with Crippen LogP contribution >= 0.6 is 0 Å². The average Bonchev–Trinajstić information content (AvgIpc) is 2.75. The van der Waals surface area contributed by atoms with E-state index in [9.17, 15) is 18.0 Å². The van der Waals surface area contributed by atoms with Crippen molar-refractivity contribution < 1.29 is 22.7 Å². The normalized spacial score (nSPS) is 16.8. The number of rotatable bonds is 8. The zero-order valence-corrected chi connectivity index (χ0v) is 17.7. The number of ether oxygens (including phenoxy) is 1. The molecule has 1 saturated heterocycles. The largest absolute Gasteiger partial charge is 0.411 e. The fourth-order valence-electron chi connectivity index (χ4n) is 3.80. The van der Waals surface area contributed by atoms with Crippen molar-refractivity contribution in [1.29, 1.82) is 0 Å². The van der Waals surface area contributed by atoms with Gasteiger partial charge in [0.05, 0.1) is 12.6 Å². The molecule has 1 aliphatic heterocycles. The third-order valence-electron chi connectivity index (χ3n) is 5.65. The first-order chi connectivity index (χ1) is 14.8. The number of hydrogen-bond donors (Lipinski definition) is 1. The molecule has 1 N–H and O–H groups in total. The molecule has 1 unspecified atom stereocenters. The third kappa shape index (κ3) is 7.36. The van der Waals surface area contributed by atoms with E-state index >= 15 is 0 Å². The predicted molar refractivity (Wildman–Crippen MR) is 114 cm³/mol. The Bertz CT molecular complexity index is 817. The fraction of sp³-hybridized carbons (Fsp3) is 0.458. The number of nitrogens with zero attached hydrogens (tertiary/aromatic N) is 1. The number of halogens is 3. The SMILES string of the molecule is CC1CCN(C(CNC(=O)c2ccc(COCC(F)(F)F)cc2)c2ccccc2)CC1. The lowest BCUT2D eigenvalue weighted by Crippen LogP contribution is -2.42. The summed E-state index contributed by atoms with van der Waals surface area (Å²) in [4.78, 5) is 15.1. The van der Waals surface area contributed by atoms with E-state index in [4.69, 9.17) is 0 Å². The third-order valence-corrected chi connectivity index (χ3v) is 5.65. The Balaban J connectivity index is 1.57. The molecule has 7 heteroatoms. The highest BCUT2D eigenvalue weighted by molar-refractivity contribution is 5.94. The molecular formula is C24H29F3N2O2. The van der Waals surface area contributed by atoms with E-state index in [1.54, 1.807) is 24.3 Å². The van der Waals surface area contributed by atoms with Gasteiger partial charge >= 0.3 is 6.18 Å². The van der Waals surface area contributed by atoms with E-state index in [2.05, 4.69) is 34.0 Å². The molecule has 1 amide bonds. The molecule has 0 saturated carbocycles. The minimum absolute atomic E-state index is 0.104. The summed E-state index contributed by atoms with van der Waals surface area (Å²) >= 11 is 0. The molecule has 31 heavy (non-hydrogen) atoms. The van der Waals surface area contributed by atoms with Gasteiger partial charge in [-0.15, -0.1) is 0 Å². The van der Waals surface area contributed by atoms with Crippen LogP contribution in [0.25, 0.3) is 0 Å². The molecule has 2 aromatic carbocycles. The van der Waals surface area contributed by atoms with Crippen molar-refractivity contribution in [3.8, 4) is 0 Å². The smallest absolute Gasteiger partial charge is 0.367 e. The molecule has 1 atom stereocenters. The van der Waals surface area contributed by atoms with E-state index in [1.165, 1.54) is 5.56 Å². The van der Waals surface area contributed by atoms with Crippen molar-refractivity contribution in [2.45, 2.75) is 38.6 Å². The Kier molecular flexibility index (Phi) is 8.09. The Hall–Kier alpha value is -2.38. The second-order valence-electron chi connectivity index (χ2n) is 8.16. The maximum absolute atomic E-state index is 12.7. The number of likely N-dealkylation sites (tertiary alicyclic amines) is 1. The van der Waals surface area contributed by atoms with Crippen LogP contribution in [0, 0.1) is 5.92 Å². The maximum atomic E-state index is 12.7. The van der Waals surface area contributed by atoms with Gasteiger partial charge in [-0.3, -0.25) is 9.69 Å². The highest BCUT2D eigenvalue weighted by atomic mass is 19.4. The lowest BCUT2D eigenvalue weighted by molar-refractivity contribution is -0.176. The molecule has 1 heterocycles. The Morgan fingerprint density at radius 1 is 1.10 bits per heavy atom. The molecule has 2 aromatic rings. The van der Waals surface area contributed by atoms with Crippen LogP contribution < -0.4 is 5.32 Å². The van der Waals surface area contributed by atoms with E-state index in [0.717, 1.165) is 31.8 Å². The molecule has 0 radical (unpaired) electrons. The van der Waals surface area contributed by atoms with Gasteiger partial charge in [-0.2, -0.15) is 13.2 Å². The fourth-order valence-corrected chi connectivity index (χ4v) is 3.80. The van der Waals surface area contributed by atoms with Gasteiger partial charge in [-0.05, 0) is 55.1 Å². The second-order valence-corrected chi connectivity index (χ2v) is 8.16. The molecule has 1 aliphatic rings. The van der Waals surface area contributed by atoms with Crippen LogP contribution in [0.2, 0.25) is 0 Å². The Morgan fingerprint density at radius 3 is 2.35 bits per heavy atom. The van der Waals surface area contributed by atoms with Gasteiger partial charge in [0.1, 0.15) is 6.61 Å². The van der Waals surface area contributed by atoms with Crippen LogP contribution in [0.5, 0.6) is 0 Å². The highest BCUT2D eigenvalue weighted by Crippen LogP contribution is 2.26. The first kappa shape index (κ1) is 23.3. The van der Waals surface area contributed by atoms with E-state index in [0.29, 0.717) is 17.7 Å². The summed E-state index contributed by atoms with van der Waals surface area (Å²) in [5.74, 6) is 0.523. The van der Waals surface area contributed by atoms with Gasteiger partial charge < -0.3 is 10.1 Å². The number of piperidine rings is 1. The number of amides is 1. The minimum Gasteiger partial charge on any atom is -0.367 e. The summed E-state index contributed by atoms with van der Waals surface area (Å²) < 4.78 is 41.2. The van der Waals surface area contributed by atoms with Gasteiger partial charge in [-0.25, -0.2) is 0 Å². The first-order valence-corrected chi connectivity index (χ1v) is 10.6. The van der Waals surface area contributed by atoms with Crippen LogP contribution in [0.4, 0.5) is 13.2 Å². The minimum atomic E-state index is -4.35. The van der Waals surface area contributed by atoms with Crippen LogP contribution in [0.3, 0.4) is 0 Å². The van der Waals surface area contributed by atoms with Crippen LogP contribution in [0.15, 0.2) is 54.6 Å². The molecule has 4 nitrogen and oxygen atoms in total. The number of hydrogen-bond acceptors (Lipinski definition) is 3. The number of carbonyl (C=O) groups excluding carboxylic acids is 1. The van der Waals surface area contributed by atoms with E-state index < -0.39 is 12.8 Å². The topological polar surface area (TPSA) is 41.6 Å². The Morgan fingerprint density at radius 2 is 1.74 bits per heavy atom. The number of benzene rings is 2. The molecule has 1 fully saturated rings. The molecular weight excluding hydrogens is 405 g/mol. The van der Waals surface area contributed by atoms with Crippen LogP contribution in [-0.4, -0.2) is 43.2 Å². The highest BCUT2D eigenvalue weighted by Gasteiger charge is 2.27. The van der Waals surface area contributed by atoms with Gasteiger partial charge in [0.15, 0.2) is 0 Å². The zero-order valence-electron chi connectivity index (χ0n) is 17.7. The van der Waals surface area contributed by atoms with Gasteiger partial charge in [0.2, 0.25) is 0 Å². The number of alkyl halides is 3. The quantitative estimate of drug-likeness (QED) is 0.638. The maximum Gasteiger partial charge on any atom is 0.411 e. The summed E-state index contributed by atoms with van der Waals surface area (Å²) in [6.07, 6.45) is -2.05. The van der Waals surface area contributed by atoms with Gasteiger partial charge in [0.25, 0.3) is 5.91 Å². The monoisotopic (exact) mass is 434 g/mol. The molecule has 0 spiro atoms. The number of carbonyl (C=O) groups is 1. The predicted octanol–water partition coefficient (Wildman–Crippen LogP) is 4.97. The van der Waals surface area contributed by atoms with Crippen molar-refractivity contribution in [3.63, 3.8) is 0 Å². The van der Waals surface area contributed by atoms with E-state index in [-0.39, 0.29) is 18.6 Å². The van der Waals surface area contributed by atoms with Crippen LogP contribution in [-0.2, 0) is 11.3 Å². The molecule has 0 aliphatic carbocycles. The van der Waals surface area contributed by atoms with Crippen molar-refractivity contribution in [2.24, 2.45) is 5.92 Å². The summed E-state index contributed by atoms with van der Waals surface area (Å²) in [6, 6.07) is 16.7. The van der Waals surface area contributed by atoms with Crippen molar-refractivity contribution in [2.75, 3.05) is 26.2 Å². The molecule has 0 bridgehead atoms. The van der Waals surface area contributed by atoms with Gasteiger partial charge in [0, 0.05) is 12.1 Å². The van der Waals surface area contributed by atoms with Crippen LogP contribution in [0.1, 0.15) is 47.3 Å². The Labute approximate surface area is 181 Å². The van der Waals surface area contributed by atoms with Gasteiger partial charge in [-0.1, -0.05) is 49.4 Å². The summed E-state index contributed by atoms with van der Waals surface area (Å²) in [7, 11) is 0. The lowest BCUT2D eigenvalue weighted by Gasteiger charge is -2.37. The first-order valence-electron chi connectivity index (χ1n) is 10.6. The molecule has 168 valence electrons. The summed E-state index contributed by atoms with van der Waals surface area (Å²) in [5.41, 5.74) is 2.23. The molecule has 3 rings (SSSR count).